The number of hydrogen-bond donors (Lipinski definition) is 2. The van der Waals surface area contributed by atoms with Crippen LogP contribution in [-0.4, -0.2) is 38.0 Å². The summed E-state index contributed by atoms with van der Waals surface area (Å²) in [7, 11) is 4.06. The zero-order valence-electron chi connectivity index (χ0n) is 11.8. The molecule has 0 aliphatic carbocycles. The molecule has 0 spiro atoms. The van der Waals surface area contributed by atoms with Crippen LogP contribution in [0.1, 0.15) is 18.4 Å². The van der Waals surface area contributed by atoms with Crippen molar-refractivity contribution in [3.05, 3.63) is 29.8 Å². The fourth-order valence-corrected chi connectivity index (χ4v) is 2.47. The third kappa shape index (κ3) is 4.33. The molecular formula is C15H23N3O. The van der Waals surface area contributed by atoms with Gasteiger partial charge >= 0.3 is 0 Å². The lowest BCUT2D eigenvalue weighted by Gasteiger charge is -2.15. The Morgan fingerprint density at radius 3 is 2.89 bits per heavy atom. The molecule has 2 N–H and O–H groups in total. The van der Waals surface area contributed by atoms with Crippen molar-refractivity contribution >= 4 is 11.6 Å². The van der Waals surface area contributed by atoms with E-state index in [4.69, 9.17) is 0 Å². The number of para-hydroxylation sites is 1. The van der Waals surface area contributed by atoms with Crippen LogP contribution in [0.4, 0.5) is 5.69 Å². The van der Waals surface area contributed by atoms with E-state index < -0.39 is 0 Å². The van der Waals surface area contributed by atoms with Gasteiger partial charge in [0.05, 0.1) is 0 Å². The summed E-state index contributed by atoms with van der Waals surface area (Å²) >= 11 is 0. The minimum Gasteiger partial charge on any atom is -0.326 e. The van der Waals surface area contributed by atoms with Gasteiger partial charge in [-0.3, -0.25) is 4.79 Å². The third-order valence-corrected chi connectivity index (χ3v) is 3.41. The van der Waals surface area contributed by atoms with Crippen molar-refractivity contribution < 1.29 is 4.79 Å². The number of carbonyl (C=O) groups excluding carboxylic acids is 1. The Hall–Kier alpha value is -1.39. The van der Waals surface area contributed by atoms with Crippen LogP contribution < -0.4 is 10.6 Å². The number of rotatable bonds is 5. The highest BCUT2D eigenvalue weighted by atomic mass is 16.1. The van der Waals surface area contributed by atoms with Gasteiger partial charge < -0.3 is 15.5 Å². The van der Waals surface area contributed by atoms with Gasteiger partial charge in [-0.05, 0) is 51.2 Å². The van der Waals surface area contributed by atoms with Crippen LogP contribution in [-0.2, 0) is 11.3 Å². The predicted molar refractivity (Wildman–Crippen MR) is 78.1 cm³/mol. The number of carbonyl (C=O) groups is 1. The number of amides is 1. The predicted octanol–water partition coefficient (Wildman–Crippen LogP) is 1.69. The van der Waals surface area contributed by atoms with Gasteiger partial charge in [0.15, 0.2) is 0 Å². The van der Waals surface area contributed by atoms with E-state index in [1.54, 1.807) is 0 Å². The fourth-order valence-electron chi connectivity index (χ4n) is 2.47. The SMILES string of the molecule is CN(C)Cc1ccccc1NC(=O)CC1CCNC1. The Morgan fingerprint density at radius 1 is 1.42 bits per heavy atom. The Labute approximate surface area is 115 Å². The first-order valence-electron chi connectivity index (χ1n) is 6.88. The normalized spacial score (nSPS) is 18.8. The molecule has 1 aliphatic rings. The monoisotopic (exact) mass is 261 g/mol. The molecule has 4 heteroatoms. The minimum absolute atomic E-state index is 0.125. The molecule has 1 fully saturated rings. The van der Waals surface area contributed by atoms with Crippen molar-refractivity contribution in [1.82, 2.24) is 10.2 Å². The van der Waals surface area contributed by atoms with Crippen molar-refractivity contribution in [1.29, 1.82) is 0 Å². The molecule has 1 unspecified atom stereocenters. The van der Waals surface area contributed by atoms with Crippen LogP contribution in [0.15, 0.2) is 24.3 Å². The molecule has 1 atom stereocenters. The summed E-state index contributed by atoms with van der Waals surface area (Å²) in [6.45, 7) is 2.84. The van der Waals surface area contributed by atoms with Gasteiger partial charge in [-0.1, -0.05) is 18.2 Å². The molecule has 4 nitrogen and oxygen atoms in total. The molecular weight excluding hydrogens is 238 g/mol. The third-order valence-electron chi connectivity index (χ3n) is 3.41. The molecule has 1 saturated heterocycles. The van der Waals surface area contributed by atoms with Crippen molar-refractivity contribution in [2.45, 2.75) is 19.4 Å². The van der Waals surface area contributed by atoms with Crippen molar-refractivity contribution in [2.75, 3.05) is 32.5 Å². The second kappa shape index (κ2) is 6.68. The molecule has 2 rings (SSSR count). The first kappa shape index (κ1) is 14.0. The van der Waals surface area contributed by atoms with E-state index in [1.165, 1.54) is 0 Å². The van der Waals surface area contributed by atoms with Crippen LogP contribution in [0.2, 0.25) is 0 Å². The number of benzene rings is 1. The number of hydrogen-bond acceptors (Lipinski definition) is 3. The topological polar surface area (TPSA) is 44.4 Å². The molecule has 104 valence electrons. The molecule has 0 radical (unpaired) electrons. The Balaban J connectivity index is 1.95. The highest BCUT2D eigenvalue weighted by Crippen LogP contribution is 2.18. The molecule has 19 heavy (non-hydrogen) atoms. The molecule has 0 aromatic heterocycles. The molecule has 0 saturated carbocycles. The lowest BCUT2D eigenvalue weighted by molar-refractivity contribution is -0.116. The molecule has 1 aromatic rings. The Morgan fingerprint density at radius 2 is 2.21 bits per heavy atom. The maximum Gasteiger partial charge on any atom is 0.224 e. The largest absolute Gasteiger partial charge is 0.326 e. The summed E-state index contributed by atoms with van der Waals surface area (Å²) in [4.78, 5) is 14.2. The Bertz CT molecular complexity index is 425. The first-order chi connectivity index (χ1) is 9.15. The second-order valence-electron chi connectivity index (χ2n) is 5.51. The zero-order chi connectivity index (χ0) is 13.7. The summed E-state index contributed by atoms with van der Waals surface area (Å²) in [6, 6.07) is 8.01. The summed E-state index contributed by atoms with van der Waals surface area (Å²) in [5.41, 5.74) is 2.09. The highest BCUT2D eigenvalue weighted by Gasteiger charge is 2.18. The van der Waals surface area contributed by atoms with E-state index in [-0.39, 0.29) is 5.91 Å². The first-order valence-corrected chi connectivity index (χ1v) is 6.88. The van der Waals surface area contributed by atoms with Gasteiger partial charge in [0.25, 0.3) is 0 Å². The standard InChI is InChI=1S/C15H23N3O/c1-18(2)11-13-5-3-4-6-14(13)17-15(19)9-12-7-8-16-10-12/h3-6,12,16H,7-11H2,1-2H3,(H,17,19). The van der Waals surface area contributed by atoms with Crippen molar-refractivity contribution in [3.8, 4) is 0 Å². The van der Waals surface area contributed by atoms with E-state index >= 15 is 0 Å². The summed E-state index contributed by atoms with van der Waals surface area (Å²) in [6.07, 6.45) is 1.72. The van der Waals surface area contributed by atoms with E-state index in [0.29, 0.717) is 12.3 Å². The summed E-state index contributed by atoms with van der Waals surface area (Å²) < 4.78 is 0. The van der Waals surface area contributed by atoms with Crippen LogP contribution in [0.3, 0.4) is 0 Å². The van der Waals surface area contributed by atoms with Gasteiger partial charge in [-0.25, -0.2) is 0 Å². The van der Waals surface area contributed by atoms with Gasteiger partial charge in [0.2, 0.25) is 5.91 Å². The minimum atomic E-state index is 0.125. The number of nitrogens with zero attached hydrogens (tertiary/aromatic N) is 1. The maximum atomic E-state index is 12.1. The van der Waals surface area contributed by atoms with E-state index in [2.05, 4.69) is 21.6 Å². The van der Waals surface area contributed by atoms with E-state index in [1.807, 2.05) is 32.3 Å². The van der Waals surface area contributed by atoms with Crippen molar-refractivity contribution in [3.63, 3.8) is 0 Å². The zero-order valence-corrected chi connectivity index (χ0v) is 11.8. The summed E-state index contributed by atoms with van der Waals surface area (Å²) in [5.74, 6) is 0.612. The van der Waals surface area contributed by atoms with Gasteiger partial charge in [-0.2, -0.15) is 0 Å². The van der Waals surface area contributed by atoms with Crippen LogP contribution in [0, 0.1) is 5.92 Å². The van der Waals surface area contributed by atoms with Crippen LogP contribution in [0.25, 0.3) is 0 Å². The molecule has 0 bridgehead atoms. The molecule has 1 amide bonds. The molecule has 1 aromatic carbocycles. The van der Waals surface area contributed by atoms with Gasteiger partial charge in [0, 0.05) is 18.7 Å². The number of anilines is 1. The average molecular weight is 261 g/mol. The molecule has 1 heterocycles. The fraction of sp³-hybridized carbons (Fsp3) is 0.533. The lowest BCUT2D eigenvalue weighted by Crippen LogP contribution is -2.20. The number of nitrogens with one attached hydrogen (secondary N) is 2. The van der Waals surface area contributed by atoms with E-state index in [9.17, 15) is 4.79 Å². The highest BCUT2D eigenvalue weighted by molar-refractivity contribution is 5.91. The van der Waals surface area contributed by atoms with Crippen LogP contribution >= 0.6 is 0 Å². The van der Waals surface area contributed by atoms with Crippen molar-refractivity contribution in [2.24, 2.45) is 5.92 Å². The smallest absolute Gasteiger partial charge is 0.224 e. The van der Waals surface area contributed by atoms with Crippen LogP contribution in [0.5, 0.6) is 0 Å². The van der Waals surface area contributed by atoms with Gasteiger partial charge in [-0.15, -0.1) is 0 Å². The molecule has 1 aliphatic heterocycles. The second-order valence-corrected chi connectivity index (χ2v) is 5.51. The summed E-state index contributed by atoms with van der Waals surface area (Å²) in [5, 5.41) is 6.34. The Kier molecular flexibility index (Phi) is 4.93. The van der Waals surface area contributed by atoms with Gasteiger partial charge in [0.1, 0.15) is 0 Å². The van der Waals surface area contributed by atoms with E-state index in [0.717, 1.165) is 37.3 Å². The lowest BCUT2D eigenvalue weighted by atomic mass is 10.0. The average Bonchev–Trinajstić information content (AvgIpc) is 2.83. The maximum absolute atomic E-state index is 12.1. The quantitative estimate of drug-likeness (QED) is 0.847.